The van der Waals surface area contributed by atoms with Crippen molar-refractivity contribution in [2.75, 3.05) is 5.75 Å². The Labute approximate surface area is 236 Å². The summed E-state index contributed by atoms with van der Waals surface area (Å²) in [4.78, 5) is 0. The van der Waals surface area contributed by atoms with Gasteiger partial charge in [-0.1, -0.05) is 181 Å². The fourth-order valence-corrected chi connectivity index (χ4v) is 13.3. The maximum Gasteiger partial charge on any atom is 0.0664 e. The Morgan fingerprint density at radius 3 is 1.58 bits per heavy atom. The molecule has 0 bridgehead atoms. The highest BCUT2D eigenvalue weighted by Crippen LogP contribution is 2.62. The molecule has 0 aliphatic heterocycles. The smallest absolute Gasteiger partial charge is 0.0664 e. The molecule has 0 spiro atoms. The Bertz CT molecular complexity index is 820. The van der Waals surface area contributed by atoms with Crippen LogP contribution in [-0.4, -0.2) is 5.75 Å². The number of unbranched alkanes of at least 4 members (excludes halogenated alkanes) is 13. The number of hydrogen-bond donors (Lipinski definition) is 0. The molecule has 36 heavy (non-hydrogen) atoms. The lowest BCUT2D eigenvalue weighted by Crippen LogP contribution is -2.13. The fourth-order valence-electron chi connectivity index (χ4n) is 4.31. The third kappa shape index (κ3) is 12.9. The van der Waals surface area contributed by atoms with Crippen LogP contribution in [0.5, 0.6) is 0 Å². The standard InChI is InChI=1S/C32H49PS3/c1-3-5-7-9-10-11-12-13-15-23-29-35-32(28-22-14-8-6-4-2)36-33(34,30-24-18-16-19-25-30)31-26-20-17-21-27-31/h16-21,24-28H,3-15,22-23,29H2,1-2H3/b32-28+. The van der Waals surface area contributed by atoms with Gasteiger partial charge in [-0.05, 0) is 35.6 Å². The van der Waals surface area contributed by atoms with E-state index >= 15 is 0 Å². The topological polar surface area (TPSA) is 0 Å². The van der Waals surface area contributed by atoms with Crippen molar-refractivity contribution >= 4 is 50.8 Å². The Kier molecular flexibility index (Phi) is 18.1. The molecule has 0 unspecified atom stereocenters. The zero-order valence-corrected chi connectivity index (χ0v) is 26.2. The van der Waals surface area contributed by atoms with Crippen molar-refractivity contribution in [1.29, 1.82) is 0 Å². The van der Waals surface area contributed by atoms with E-state index in [9.17, 15) is 0 Å². The van der Waals surface area contributed by atoms with E-state index in [1.54, 1.807) is 0 Å². The lowest BCUT2D eigenvalue weighted by atomic mass is 10.1. The lowest BCUT2D eigenvalue weighted by molar-refractivity contribution is 0.563. The molecule has 0 atom stereocenters. The minimum Gasteiger partial charge on any atom is -0.119 e. The molecule has 0 saturated heterocycles. The molecule has 200 valence electrons. The maximum atomic E-state index is 6.54. The largest absolute Gasteiger partial charge is 0.119 e. The van der Waals surface area contributed by atoms with Gasteiger partial charge in [-0.15, -0.1) is 11.8 Å². The van der Waals surface area contributed by atoms with Crippen molar-refractivity contribution in [3.05, 3.63) is 71.0 Å². The van der Waals surface area contributed by atoms with Crippen LogP contribution in [0.3, 0.4) is 0 Å². The fraction of sp³-hybridized carbons (Fsp3) is 0.562. The molecule has 0 fully saturated rings. The molecule has 4 heteroatoms. The highest BCUT2D eigenvalue weighted by Gasteiger charge is 2.25. The van der Waals surface area contributed by atoms with E-state index in [1.807, 2.05) is 11.4 Å². The van der Waals surface area contributed by atoms with Gasteiger partial charge < -0.3 is 0 Å². The van der Waals surface area contributed by atoms with E-state index in [0.717, 1.165) is 0 Å². The first kappa shape index (κ1) is 31.7. The highest BCUT2D eigenvalue weighted by atomic mass is 32.9. The van der Waals surface area contributed by atoms with Crippen molar-refractivity contribution in [2.45, 2.75) is 110 Å². The molecule has 2 aromatic rings. The Balaban J connectivity index is 1.94. The van der Waals surface area contributed by atoms with Crippen LogP contribution in [-0.2, 0) is 11.8 Å². The van der Waals surface area contributed by atoms with Gasteiger partial charge in [0.05, 0.1) is 5.24 Å². The molecule has 2 aromatic carbocycles. The summed E-state index contributed by atoms with van der Waals surface area (Å²) < 4.78 is 1.46. The Morgan fingerprint density at radius 2 is 1.08 bits per heavy atom. The van der Waals surface area contributed by atoms with Gasteiger partial charge in [-0.25, -0.2) is 0 Å². The predicted molar refractivity (Wildman–Crippen MR) is 175 cm³/mol. The summed E-state index contributed by atoms with van der Waals surface area (Å²) in [5.74, 6) is 1.21. The summed E-state index contributed by atoms with van der Waals surface area (Å²) in [7, 11) is 0. The molecule has 0 aromatic heterocycles. The van der Waals surface area contributed by atoms with Crippen LogP contribution in [0.1, 0.15) is 110 Å². The quantitative estimate of drug-likeness (QED) is 0.110. The molecule has 0 nitrogen and oxygen atoms in total. The van der Waals surface area contributed by atoms with Gasteiger partial charge in [0.1, 0.15) is 0 Å². The molecular formula is C32H49PS3. The van der Waals surface area contributed by atoms with Crippen LogP contribution >= 0.6 is 28.4 Å². The first-order valence-electron chi connectivity index (χ1n) is 14.4. The number of hydrogen-bond acceptors (Lipinski definition) is 3. The molecule has 0 N–H and O–H groups in total. The van der Waals surface area contributed by atoms with Crippen molar-refractivity contribution in [3.8, 4) is 0 Å². The summed E-state index contributed by atoms with van der Waals surface area (Å²) >= 11 is 10.6. The summed E-state index contributed by atoms with van der Waals surface area (Å²) in [6.45, 7) is 4.58. The van der Waals surface area contributed by atoms with E-state index in [0.29, 0.717) is 0 Å². The molecule has 0 aliphatic carbocycles. The molecule has 0 heterocycles. The average Bonchev–Trinajstić information content (AvgIpc) is 2.92. The molecular weight excluding hydrogens is 512 g/mol. The van der Waals surface area contributed by atoms with Crippen molar-refractivity contribution in [3.63, 3.8) is 0 Å². The first-order valence-corrected chi connectivity index (χ1v) is 19.7. The van der Waals surface area contributed by atoms with E-state index in [-0.39, 0.29) is 0 Å². The first-order chi connectivity index (χ1) is 17.7. The molecule has 0 saturated carbocycles. The third-order valence-electron chi connectivity index (χ3n) is 6.52. The van der Waals surface area contributed by atoms with Gasteiger partial charge >= 0.3 is 0 Å². The van der Waals surface area contributed by atoms with E-state index in [2.05, 4.69) is 92.3 Å². The maximum absolute atomic E-state index is 6.54. The minimum absolute atomic E-state index is 1.17. The van der Waals surface area contributed by atoms with Crippen molar-refractivity contribution in [2.24, 2.45) is 0 Å². The highest BCUT2D eigenvalue weighted by molar-refractivity contribution is 8.78. The SMILES string of the molecule is CCCCCC/C=C(\SCCCCCCCCCCCC)SP(=S)(c1ccccc1)c1ccccc1. The number of rotatable bonds is 21. The zero-order valence-electron chi connectivity index (χ0n) is 22.8. The van der Waals surface area contributed by atoms with Gasteiger partial charge in [-0.2, -0.15) is 0 Å². The second-order valence-corrected chi connectivity index (χ2v) is 18.4. The van der Waals surface area contributed by atoms with Crippen LogP contribution in [0.15, 0.2) is 71.0 Å². The zero-order chi connectivity index (χ0) is 25.7. The van der Waals surface area contributed by atoms with Gasteiger partial charge in [0.25, 0.3) is 0 Å². The number of thioether (sulfide) groups is 1. The van der Waals surface area contributed by atoms with E-state index in [4.69, 9.17) is 11.8 Å². The van der Waals surface area contributed by atoms with Gasteiger partial charge in [0, 0.05) is 4.24 Å². The summed E-state index contributed by atoms with van der Waals surface area (Å²) in [5, 5.41) is 0.662. The molecule has 0 aliphatic rings. The second kappa shape index (κ2) is 20.5. The Morgan fingerprint density at radius 1 is 0.639 bits per heavy atom. The van der Waals surface area contributed by atoms with Crippen molar-refractivity contribution < 1.29 is 0 Å². The summed E-state index contributed by atoms with van der Waals surface area (Å²) in [6, 6.07) is 21.7. The minimum atomic E-state index is -1.96. The third-order valence-corrected chi connectivity index (χ3v) is 15.6. The molecule has 0 amide bonds. The molecule has 0 radical (unpaired) electrons. The van der Waals surface area contributed by atoms with E-state index < -0.39 is 5.24 Å². The second-order valence-electron chi connectivity index (χ2n) is 9.72. The number of allylic oxidation sites excluding steroid dienone is 1. The average molecular weight is 561 g/mol. The summed E-state index contributed by atoms with van der Waals surface area (Å²) in [5.41, 5.74) is 0. The van der Waals surface area contributed by atoms with Gasteiger partial charge in [-0.3, -0.25) is 0 Å². The van der Waals surface area contributed by atoms with Crippen LogP contribution in [0, 0.1) is 0 Å². The van der Waals surface area contributed by atoms with Gasteiger partial charge in [0.15, 0.2) is 0 Å². The van der Waals surface area contributed by atoms with E-state index in [1.165, 1.54) is 117 Å². The normalized spacial score (nSPS) is 12.2. The van der Waals surface area contributed by atoms with Crippen LogP contribution in [0.2, 0.25) is 0 Å². The predicted octanol–water partition coefficient (Wildman–Crippen LogP) is 11.2. The Hall–Kier alpha value is -0.470. The summed E-state index contributed by atoms with van der Waals surface area (Å²) in [6.07, 6.45) is 22.9. The molecule has 2 rings (SSSR count). The lowest BCUT2D eigenvalue weighted by Gasteiger charge is -2.24. The van der Waals surface area contributed by atoms with Gasteiger partial charge in [0.2, 0.25) is 0 Å². The number of benzene rings is 2. The van der Waals surface area contributed by atoms with Crippen LogP contribution in [0.4, 0.5) is 0 Å². The van der Waals surface area contributed by atoms with Crippen LogP contribution < -0.4 is 10.6 Å². The van der Waals surface area contributed by atoms with Crippen molar-refractivity contribution in [1.82, 2.24) is 0 Å². The monoisotopic (exact) mass is 560 g/mol. The van der Waals surface area contributed by atoms with Crippen LogP contribution in [0.25, 0.3) is 0 Å².